The quantitative estimate of drug-likeness (QED) is 0.486. The van der Waals surface area contributed by atoms with Crippen LogP contribution in [-0.4, -0.2) is 35.6 Å². The fourth-order valence-corrected chi connectivity index (χ4v) is 3.43. The normalized spacial score (nSPS) is 12.3. The summed E-state index contributed by atoms with van der Waals surface area (Å²) in [5.41, 5.74) is 1.32. The van der Waals surface area contributed by atoms with Gasteiger partial charge >= 0.3 is 5.69 Å². The number of nitrogens with zero attached hydrogens (tertiary/aromatic N) is 2. The van der Waals surface area contributed by atoms with Crippen molar-refractivity contribution in [3.63, 3.8) is 0 Å². The lowest BCUT2D eigenvalue weighted by Crippen LogP contribution is -2.20. The maximum Gasteiger partial charge on any atom is 0.310 e. The molecule has 0 spiro atoms. The molecule has 2 heterocycles. The first-order chi connectivity index (χ1) is 14.1. The third-order valence-corrected chi connectivity index (χ3v) is 4.77. The number of carbonyl (C=O) groups is 1. The standard InChI is InChI=1S/C19H15N3O6S/c23-18(10-28-15-4-2-1-3-14(15)22(24)25)21-19-20-13(11-29-19)12-5-6-16-17(9-12)27-8-7-26-16/h1-6,9,11H,7-8,10H2,(H,20,21,23). The average molecular weight is 413 g/mol. The highest BCUT2D eigenvalue weighted by molar-refractivity contribution is 7.14. The second kappa shape index (κ2) is 8.15. The third-order valence-electron chi connectivity index (χ3n) is 4.01. The van der Waals surface area contributed by atoms with Crippen molar-refractivity contribution in [1.82, 2.24) is 4.98 Å². The van der Waals surface area contributed by atoms with E-state index in [0.717, 1.165) is 5.56 Å². The molecule has 0 saturated carbocycles. The zero-order valence-corrected chi connectivity index (χ0v) is 15.8. The largest absolute Gasteiger partial charge is 0.486 e. The van der Waals surface area contributed by atoms with Crippen LogP contribution in [0.4, 0.5) is 10.8 Å². The smallest absolute Gasteiger partial charge is 0.310 e. The van der Waals surface area contributed by atoms with Crippen molar-refractivity contribution in [3.8, 4) is 28.5 Å². The molecule has 3 aromatic rings. The number of hydrogen-bond acceptors (Lipinski definition) is 8. The molecule has 0 bridgehead atoms. The molecule has 1 aliphatic heterocycles. The minimum atomic E-state index is -0.562. The lowest BCUT2D eigenvalue weighted by Gasteiger charge is -2.18. The number of carbonyl (C=O) groups excluding carboxylic acids is 1. The van der Waals surface area contributed by atoms with E-state index in [1.165, 1.54) is 29.5 Å². The number of nitrogens with one attached hydrogen (secondary N) is 1. The molecular weight excluding hydrogens is 398 g/mol. The molecule has 4 rings (SSSR count). The van der Waals surface area contributed by atoms with E-state index in [0.29, 0.717) is 35.5 Å². The summed E-state index contributed by atoms with van der Waals surface area (Å²) < 4.78 is 16.4. The molecule has 10 heteroatoms. The Morgan fingerprint density at radius 2 is 2.00 bits per heavy atom. The number of nitro groups is 1. The zero-order chi connectivity index (χ0) is 20.2. The van der Waals surface area contributed by atoms with Crippen LogP contribution in [0.15, 0.2) is 47.8 Å². The van der Waals surface area contributed by atoms with Crippen LogP contribution < -0.4 is 19.5 Å². The highest BCUT2D eigenvalue weighted by Gasteiger charge is 2.17. The van der Waals surface area contributed by atoms with E-state index in [9.17, 15) is 14.9 Å². The molecule has 148 valence electrons. The van der Waals surface area contributed by atoms with Crippen molar-refractivity contribution in [3.05, 3.63) is 58.0 Å². The Hall–Kier alpha value is -3.66. The predicted octanol–water partition coefficient (Wildman–Crippen LogP) is 3.51. The summed E-state index contributed by atoms with van der Waals surface area (Å²) in [4.78, 5) is 26.9. The number of aromatic nitrogens is 1. The number of anilines is 1. The van der Waals surface area contributed by atoms with E-state index < -0.39 is 10.8 Å². The highest BCUT2D eigenvalue weighted by Crippen LogP contribution is 2.35. The SMILES string of the molecule is O=C(COc1ccccc1[N+](=O)[O-])Nc1nc(-c2ccc3c(c2)OCCO3)cs1. The lowest BCUT2D eigenvalue weighted by molar-refractivity contribution is -0.385. The van der Waals surface area contributed by atoms with E-state index in [1.54, 1.807) is 6.07 Å². The highest BCUT2D eigenvalue weighted by atomic mass is 32.1. The van der Waals surface area contributed by atoms with Gasteiger partial charge in [0.2, 0.25) is 0 Å². The van der Waals surface area contributed by atoms with Crippen molar-refractivity contribution in [1.29, 1.82) is 0 Å². The number of benzene rings is 2. The van der Waals surface area contributed by atoms with Crippen LogP contribution in [0, 0.1) is 10.1 Å². The maximum absolute atomic E-state index is 12.1. The molecule has 2 aromatic carbocycles. The molecule has 0 atom stereocenters. The zero-order valence-electron chi connectivity index (χ0n) is 15.0. The first kappa shape index (κ1) is 18.7. The Kier molecular flexibility index (Phi) is 5.25. The minimum absolute atomic E-state index is 0.0313. The van der Waals surface area contributed by atoms with Crippen LogP contribution in [0.1, 0.15) is 0 Å². The molecule has 9 nitrogen and oxygen atoms in total. The van der Waals surface area contributed by atoms with Crippen LogP contribution in [0.5, 0.6) is 17.2 Å². The molecule has 0 radical (unpaired) electrons. The van der Waals surface area contributed by atoms with Gasteiger partial charge in [-0.2, -0.15) is 0 Å². The number of hydrogen-bond donors (Lipinski definition) is 1. The van der Waals surface area contributed by atoms with Crippen molar-refractivity contribution in [2.75, 3.05) is 25.1 Å². The van der Waals surface area contributed by atoms with Gasteiger partial charge in [-0.1, -0.05) is 12.1 Å². The van der Waals surface area contributed by atoms with E-state index in [4.69, 9.17) is 14.2 Å². The summed E-state index contributed by atoms with van der Waals surface area (Å²) >= 11 is 1.26. The molecular formula is C19H15N3O6S. The van der Waals surface area contributed by atoms with Crippen LogP contribution in [-0.2, 0) is 4.79 Å². The van der Waals surface area contributed by atoms with Crippen molar-refractivity contribution >= 4 is 28.1 Å². The van der Waals surface area contributed by atoms with E-state index in [1.807, 2.05) is 23.6 Å². The summed E-state index contributed by atoms with van der Waals surface area (Å²) in [6.07, 6.45) is 0. The Labute approximate surface area is 169 Å². The van der Waals surface area contributed by atoms with Crippen LogP contribution in [0.25, 0.3) is 11.3 Å². The van der Waals surface area contributed by atoms with Gasteiger partial charge in [0.05, 0.1) is 10.6 Å². The van der Waals surface area contributed by atoms with Crippen molar-refractivity contribution < 1.29 is 23.9 Å². The molecule has 29 heavy (non-hydrogen) atoms. The Balaban J connectivity index is 1.39. The fraction of sp³-hybridized carbons (Fsp3) is 0.158. The number of nitro benzene ring substituents is 1. The number of thiazole rings is 1. The lowest BCUT2D eigenvalue weighted by atomic mass is 10.1. The third kappa shape index (κ3) is 4.27. The van der Waals surface area contributed by atoms with Gasteiger partial charge in [0.25, 0.3) is 5.91 Å². The monoisotopic (exact) mass is 413 g/mol. The second-order valence-corrected chi connectivity index (χ2v) is 6.82. The summed E-state index contributed by atoms with van der Waals surface area (Å²) in [6.45, 7) is 0.644. The maximum atomic E-state index is 12.1. The van der Waals surface area contributed by atoms with E-state index in [-0.39, 0.29) is 18.0 Å². The van der Waals surface area contributed by atoms with Gasteiger partial charge in [-0.15, -0.1) is 11.3 Å². The first-order valence-corrected chi connectivity index (χ1v) is 9.50. The molecule has 0 aliphatic carbocycles. The Morgan fingerprint density at radius 1 is 1.21 bits per heavy atom. The van der Waals surface area contributed by atoms with Crippen LogP contribution in [0.3, 0.4) is 0 Å². The molecule has 1 aromatic heterocycles. The van der Waals surface area contributed by atoms with Gasteiger partial charge in [-0.05, 0) is 24.3 Å². The Morgan fingerprint density at radius 3 is 2.83 bits per heavy atom. The first-order valence-electron chi connectivity index (χ1n) is 8.62. The molecule has 1 amide bonds. The second-order valence-electron chi connectivity index (χ2n) is 5.96. The number of para-hydroxylation sites is 2. The minimum Gasteiger partial charge on any atom is -0.486 e. The number of rotatable bonds is 6. The molecule has 0 fully saturated rings. The predicted molar refractivity (Wildman–Crippen MR) is 106 cm³/mol. The van der Waals surface area contributed by atoms with Crippen LogP contribution >= 0.6 is 11.3 Å². The van der Waals surface area contributed by atoms with Gasteiger partial charge in [0, 0.05) is 17.0 Å². The van der Waals surface area contributed by atoms with Gasteiger partial charge in [-0.3, -0.25) is 20.2 Å². The van der Waals surface area contributed by atoms with Gasteiger partial charge in [-0.25, -0.2) is 4.98 Å². The van der Waals surface area contributed by atoms with E-state index in [2.05, 4.69) is 10.3 Å². The van der Waals surface area contributed by atoms with Gasteiger partial charge in [0.15, 0.2) is 29.0 Å². The van der Waals surface area contributed by atoms with Crippen LogP contribution in [0.2, 0.25) is 0 Å². The summed E-state index contributed by atoms with van der Waals surface area (Å²) in [6, 6.07) is 11.4. The Bertz CT molecular complexity index is 1070. The molecule has 0 saturated heterocycles. The summed E-state index contributed by atoms with van der Waals surface area (Å²) in [7, 11) is 0. The number of amides is 1. The topological polar surface area (TPSA) is 113 Å². The molecule has 0 unspecified atom stereocenters. The number of ether oxygens (including phenoxy) is 3. The average Bonchev–Trinajstić information content (AvgIpc) is 3.20. The van der Waals surface area contributed by atoms with E-state index >= 15 is 0 Å². The van der Waals surface area contributed by atoms with Gasteiger partial charge in [0.1, 0.15) is 13.2 Å². The fourth-order valence-electron chi connectivity index (χ4n) is 2.70. The van der Waals surface area contributed by atoms with Crippen molar-refractivity contribution in [2.24, 2.45) is 0 Å². The van der Waals surface area contributed by atoms with Gasteiger partial charge < -0.3 is 14.2 Å². The molecule has 1 N–H and O–H groups in total. The summed E-state index contributed by atoms with van der Waals surface area (Å²) in [5, 5.41) is 15.8. The molecule has 1 aliphatic rings. The van der Waals surface area contributed by atoms with Crippen molar-refractivity contribution in [2.45, 2.75) is 0 Å². The summed E-state index contributed by atoms with van der Waals surface area (Å²) in [5.74, 6) is 0.913. The number of fused-ring (bicyclic) bond motifs is 1.